The van der Waals surface area contributed by atoms with Crippen molar-refractivity contribution in [3.8, 4) is 0 Å². The molecule has 2 heterocycles. The van der Waals surface area contributed by atoms with E-state index in [1.54, 1.807) is 23.2 Å². The van der Waals surface area contributed by atoms with Crippen molar-refractivity contribution in [2.75, 3.05) is 31.1 Å². The summed E-state index contributed by atoms with van der Waals surface area (Å²) in [6.45, 7) is 4.24. The fourth-order valence-corrected chi connectivity index (χ4v) is 3.26. The van der Waals surface area contributed by atoms with Crippen molar-refractivity contribution in [1.29, 1.82) is 0 Å². The predicted molar refractivity (Wildman–Crippen MR) is 93.3 cm³/mol. The van der Waals surface area contributed by atoms with Crippen molar-refractivity contribution >= 4 is 11.6 Å². The molecule has 1 saturated heterocycles. The topological polar surface area (TPSA) is 49.3 Å². The third kappa shape index (κ3) is 3.21. The summed E-state index contributed by atoms with van der Waals surface area (Å²) in [4.78, 5) is 25.5. The van der Waals surface area contributed by atoms with E-state index in [0.29, 0.717) is 43.3 Å². The molecule has 0 N–H and O–H groups in total. The van der Waals surface area contributed by atoms with Crippen molar-refractivity contribution in [1.82, 2.24) is 14.9 Å². The number of anilines is 1. The molecular weight excluding hydrogens is 319 g/mol. The van der Waals surface area contributed by atoms with Gasteiger partial charge in [0.2, 0.25) is 0 Å². The number of hydrogen-bond acceptors (Lipinski definition) is 4. The Morgan fingerprint density at radius 2 is 1.88 bits per heavy atom. The second kappa shape index (κ2) is 6.43. The van der Waals surface area contributed by atoms with E-state index in [1.165, 1.54) is 6.07 Å². The largest absolute Gasteiger partial charge is 0.366 e. The van der Waals surface area contributed by atoms with Crippen molar-refractivity contribution in [3.05, 3.63) is 53.4 Å². The highest BCUT2D eigenvalue weighted by atomic mass is 19.1. The van der Waals surface area contributed by atoms with E-state index in [9.17, 15) is 9.18 Å². The Labute approximate surface area is 146 Å². The number of para-hydroxylation sites is 1. The highest BCUT2D eigenvalue weighted by Gasteiger charge is 2.29. The van der Waals surface area contributed by atoms with Crippen molar-refractivity contribution in [3.63, 3.8) is 0 Å². The van der Waals surface area contributed by atoms with Crippen LogP contribution in [0.15, 0.2) is 30.5 Å². The zero-order chi connectivity index (χ0) is 17.4. The van der Waals surface area contributed by atoms with Gasteiger partial charge in [-0.3, -0.25) is 4.79 Å². The van der Waals surface area contributed by atoms with Crippen molar-refractivity contribution in [2.24, 2.45) is 0 Å². The molecule has 0 radical (unpaired) electrons. The van der Waals surface area contributed by atoms with Crippen LogP contribution in [0.1, 0.15) is 40.6 Å². The van der Waals surface area contributed by atoms with Crippen LogP contribution >= 0.6 is 0 Å². The molecule has 5 nitrogen and oxygen atoms in total. The van der Waals surface area contributed by atoms with Crippen LogP contribution in [0.3, 0.4) is 0 Å². The summed E-state index contributed by atoms with van der Waals surface area (Å²) in [6, 6.07) is 6.77. The first kappa shape index (κ1) is 16.0. The van der Waals surface area contributed by atoms with E-state index in [-0.39, 0.29) is 11.7 Å². The number of rotatable bonds is 3. The second-order valence-corrected chi connectivity index (χ2v) is 6.73. The van der Waals surface area contributed by atoms with Crippen molar-refractivity contribution in [2.45, 2.75) is 25.7 Å². The molecule has 0 unspecified atom stereocenters. The molecule has 2 aromatic rings. The molecular formula is C19H21FN4O. The third-order valence-corrected chi connectivity index (χ3v) is 4.93. The minimum atomic E-state index is -0.220. The van der Waals surface area contributed by atoms with Crippen LogP contribution in [0.2, 0.25) is 0 Å². The Balaban J connectivity index is 1.44. The first-order valence-corrected chi connectivity index (χ1v) is 8.76. The van der Waals surface area contributed by atoms with Gasteiger partial charge in [0.1, 0.15) is 11.6 Å². The maximum Gasteiger partial charge on any atom is 0.257 e. The number of carbonyl (C=O) groups excluding carboxylic acids is 1. The first-order valence-electron chi connectivity index (χ1n) is 8.76. The van der Waals surface area contributed by atoms with E-state index >= 15 is 0 Å². The van der Waals surface area contributed by atoms with Gasteiger partial charge in [0.25, 0.3) is 5.91 Å². The quantitative estimate of drug-likeness (QED) is 0.862. The van der Waals surface area contributed by atoms with Gasteiger partial charge in [-0.1, -0.05) is 12.1 Å². The molecule has 4 rings (SSSR count). The summed E-state index contributed by atoms with van der Waals surface area (Å²) in [6.07, 6.45) is 3.96. The number of carbonyl (C=O) groups is 1. The lowest BCUT2D eigenvalue weighted by molar-refractivity contribution is 0.0745. The smallest absolute Gasteiger partial charge is 0.257 e. The van der Waals surface area contributed by atoms with Gasteiger partial charge in [0, 0.05) is 38.3 Å². The van der Waals surface area contributed by atoms with Gasteiger partial charge in [-0.25, -0.2) is 14.4 Å². The lowest BCUT2D eigenvalue weighted by Gasteiger charge is -2.36. The number of aryl methyl sites for hydroxylation is 1. The molecule has 0 bridgehead atoms. The average Bonchev–Trinajstić information content (AvgIpc) is 3.47. The molecule has 1 aliphatic heterocycles. The summed E-state index contributed by atoms with van der Waals surface area (Å²) < 4.78 is 13.9. The van der Waals surface area contributed by atoms with E-state index < -0.39 is 0 Å². The molecule has 2 fully saturated rings. The Hall–Kier alpha value is -2.50. The highest BCUT2D eigenvalue weighted by Crippen LogP contribution is 2.38. The van der Waals surface area contributed by atoms with Gasteiger partial charge in [-0.15, -0.1) is 0 Å². The summed E-state index contributed by atoms with van der Waals surface area (Å²) >= 11 is 0. The molecule has 1 aromatic carbocycles. The van der Waals surface area contributed by atoms with E-state index in [0.717, 1.165) is 24.4 Å². The number of aromatic nitrogens is 2. The predicted octanol–water partition coefficient (Wildman–Crippen LogP) is 2.76. The van der Waals surface area contributed by atoms with Gasteiger partial charge in [-0.05, 0) is 31.9 Å². The normalized spacial score (nSPS) is 17.7. The standard InChI is InChI=1S/C19H21FN4O/c1-13-15(12-21-18(22-13)14-6-7-14)19(25)24-10-8-23(9-11-24)17-5-3-2-4-16(17)20/h2-5,12,14H,6-11H2,1H3. The fourth-order valence-electron chi connectivity index (χ4n) is 3.26. The van der Waals surface area contributed by atoms with Crippen molar-refractivity contribution < 1.29 is 9.18 Å². The number of halogens is 1. The molecule has 6 heteroatoms. The SMILES string of the molecule is Cc1nc(C2CC2)ncc1C(=O)N1CCN(c2ccccc2F)CC1. The van der Waals surface area contributed by atoms with Crippen LogP contribution in [0.5, 0.6) is 0 Å². The highest BCUT2D eigenvalue weighted by molar-refractivity contribution is 5.95. The summed E-state index contributed by atoms with van der Waals surface area (Å²) in [5.41, 5.74) is 1.92. The van der Waals surface area contributed by atoms with Crippen LogP contribution in [0, 0.1) is 12.7 Å². The molecule has 1 saturated carbocycles. The maximum absolute atomic E-state index is 13.9. The van der Waals surface area contributed by atoms with Crippen LogP contribution in [-0.2, 0) is 0 Å². The minimum absolute atomic E-state index is 0.0342. The molecule has 0 atom stereocenters. The van der Waals surface area contributed by atoms with E-state index in [1.807, 2.05) is 17.9 Å². The fraction of sp³-hybridized carbons (Fsp3) is 0.421. The van der Waals surface area contributed by atoms with Crippen LogP contribution in [0.25, 0.3) is 0 Å². The lowest BCUT2D eigenvalue weighted by Crippen LogP contribution is -2.49. The van der Waals surface area contributed by atoms with E-state index in [4.69, 9.17) is 0 Å². The second-order valence-electron chi connectivity index (χ2n) is 6.73. The number of nitrogens with zero attached hydrogens (tertiary/aromatic N) is 4. The lowest BCUT2D eigenvalue weighted by atomic mass is 10.1. The Morgan fingerprint density at radius 1 is 1.16 bits per heavy atom. The zero-order valence-electron chi connectivity index (χ0n) is 14.3. The maximum atomic E-state index is 13.9. The molecule has 1 amide bonds. The molecule has 1 aromatic heterocycles. The zero-order valence-corrected chi connectivity index (χ0v) is 14.3. The van der Waals surface area contributed by atoms with E-state index in [2.05, 4.69) is 9.97 Å². The third-order valence-electron chi connectivity index (χ3n) is 4.93. The Morgan fingerprint density at radius 3 is 2.52 bits per heavy atom. The van der Waals surface area contributed by atoms with Gasteiger partial charge in [-0.2, -0.15) is 0 Å². The number of benzene rings is 1. The van der Waals surface area contributed by atoms with Crippen LogP contribution < -0.4 is 4.90 Å². The van der Waals surface area contributed by atoms with Crippen LogP contribution in [-0.4, -0.2) is 47.0 Å². The van der Waals surface area contributed by atoms with Crippen LogP contribution in [0.4, 0.5) is 10.1 Å². The Kier molecular flexibility index (Phi) is 4.11. The molecule has 2 aliphatic rings. The van der Waals surface area contributed by atoms with Gasteiger partial charge in [0.15, 0.2) is 0 Å². The number of amides is 1. The van der Waals surface area contributed by atoms with Gasteiger partial charge < -0.3 is 9.80 Å². The first-order chi connectivity index (χ1) is 12.1. The van der Waals surface area contributed by atoms with Gasteiger partial charge >= 0.3 is 0 Å². The molecule has 25 heavy (non-hydrogen) atoms. The molecule has 0 spiro atoms. The van der Waals surface area contributed by atoms with Gasteiger partial charge in [0.05, 0.1) is 16.9 Å². The average molecular weight is 340 g/mol. The summed E-state index contributed by atoms with van der Waals surface area (Å²) in [5, 5.41) is 0. The Bertz CT molecular complexity index is 798. The minimum Gasteiger partial charge on any atom is -0.366 e. The summed E-state index contributed by atoms with van der Waals surface area (Å²) in [5.74, 6) is 1.08. The molecule has 130 valence electrons. The number of piperazine rings is 1. The summed E-state index contributed by atoms with van der Waals surface area (Å²) in [7, 11) is 0. The monoisotopic (exact) mass is 340 g/mol. The molecule has 1 aliphatic carbocycles. The number of hydrogen-bond donors (Lipinski definition) is 0.